The molecule has 1 aromatic carbocycles. The number of anilines is 1. The highest BCUT2D eigenvalue weighted by Crippen LogP contribution is 2.45. The summed E-state index contributed by atoms with van der Waals surface area (Å²) in [5.74, 6) is 1.01. The van der Waals surface area contributed by atoms with Crippen LogP contribution in [0.5, 0.6) is 0 Å². The van der Waals surface area contributed by atoms with Crippen LogP contribution in [0.2, 0.25) is 0 Å². The topological polar surface area (TPSA) is 110 Å². The number of nitro benzene ring substituents is 1. The van der Waals surface area contributed by atoms with Crippen molar-refractivity contribution in [1.29, 1.82) is 0 Å². The van der Waals surface area contributed by atoms with Gasteiger partial charge in [-0.25, -0.2) is 4.99 Å². The van der Waals surface area contributed by atoms with E-state index in [1.807, 2.05) is 6.07 Å². The number of fused-ring (bicyclic) bond motifs is 1. The molecule has 0 saturated carbocycles. The molecule has 3 heterocycles. The lowest BCUT2D eigenvalue weighted by Gasteiger charge is -2.33. The molecular weight excluding hydrogens is 516 g/mol. The molecule has 1 aliphatic heterocycles. The molecule has 1 N–H and O–H groups in total. The number of carbonyl (C=O) groups excluding carboxylic acids is 1. The Kier molecular flexibility index (Phi) is 7.86. The number of ether oxygens (including phenoxy) is 1. The zero-order valence-corrected chi connectivity index (χ0v) is 23.4. The molecule has 1 atom stereocenters. The van der Waals surface area contributed by atoms with Crippen LogP contribution in [-0.2, 0) is 24.1 Å². The molecule has 0 unspecified atom stereocenters. The Labute approximate surface area is 232 Å². The smallest absolute Gasteiger partial charge is 0.270 e. The number of furan rings is 1. The van der Waals surface area contributed by atoms with Gasteiger partial charge in [-0.05, 0) is 54.4 Å². The third-order valence-corrected chi connectivity index (χ3v) is 8.76. The van der Waals surface area contributed by atoms with Crippen LogP contribution in [0.25, 0.3) is 0 Å². The number of carbonyl (C=O) groups is 1. The number of thiophene rings is 1. The van der Waals surface area contributed by atoms with Gasteiger partial charge in [-0.15, -0.1) is 11.3 Å². The standard InChI is InChI=1S/C29H34N4O5S/c1-29(2,3)20-6-8-23-25(16-20)39-28(26(23)27(34)30-18-22-5-4-12-38-22)31-17-19-15-21(33(35)36)7-9-24(19)32-10-13-37-14-11-32/h4-5,7,9,12,15,17,20H,6,8,10-11,13-14,16,18H2,1-3H3,(H,30,34)/t20-/m1/s1. The van der Waals surface area contributed by atoms with Gasteiger partial charge < -0.3 is 19.4 Å². The number of benzene rings is 1. The van der Waals surface area contributed by atoms with Gasteiger partial charge in [0.2, 0.25) is 0 Å². The van der Waals surface area contributed by atoms with Crippen molar-refractivity contribution in [3.8, 4) is 0 Å². The highest BCUT2D eigenvalue weighted by atomic mass is 32.1. The highest BCUT2D eigenvalue weighted by Gasteiger charge is 2.33. The Morgan fingerprint density at radius 1 is 1.28 bits per heavy atom. The van der Waals surface area contributed by atoms with E-state index >= 15 is 0 Å². The zero-order chi connectivity index (χ0) is 27.6. The maximum absolute atomic E-state index is 13.5. The van der Waals surface area contributed by atoms with E-state index < -0.39 is 4.92 Å². The molecule has 3 aromatic rings. The highest BCUT2D eigenvalue weighted by molar-refractivity contribution is 7.16. The van der Waals surface area contributed by atoms with E-state index in [2.05, 4.69) is 31.0 Å². The van der Waals surface area contributed by atoms with Crippen molar-refractivity contribution in [3.05, 3.63) is 74.0 Å². The van der Waals surface area contributed by atoms with Crippen LogP contribution in [0.15, 0.2) is 46.0 Å². The average Bonchev–Trinajstić information content (AvgIpc) is 3.57. The van der Waals surface area contributed by atoms with E-state index in [0.29, 0.717) is 54.1 Å². The van der Waals surface area contributed by atoms with E-state index in [0.717, 1.165) is 30.5 Å². The van der Waals surface area contributed by atoms with Crippen molar-refractivity contribution < 1.29 is 18.9 Å². The molecule has 0 bridgehead atoms. The minimum absolute atomic E-state index is 0.00312. The van der Waals surface area contributed by atoms with Crippen LogP contribution in [0, 0.1) is 21.4 Å². The molecule has 1 saturated heterocycles. The Morgan fingerprint density at radius 2 is 2.08 bits per heavy atom. The number of aliphatic imine (C=N–C) groups is 1. The van der Waals surface area contributed by atoms with Gasteiger partial charge in [-0.1, -0.05) is 20.8 Å². The molecule has 5 rings (SSSR count). The molecule has 0 radical (unpaired) electrons. The molecule has 9 nitrogen and oxygen atoms in total. The fraction of sp³-hybridized carbons (Fsp3) is 0.448. The number of morpholine rings is 1. The van der Waals surface area contributed by atoms with Gasteiger partial charge in [0.15, 0.2) is 0 Å². The number of rotatable bonds is 7. The predicted molar refractivity (Wildman–Crippen MR) is 153 cm³/mol. The molecule has 2 aromatic heterocycles. The summed E-state index contributed by atoms with van der Waals surface area (Å²) in [4.78, 5) is 32.8. The molecule has 2 aliphatic rings. The van der Waals surface area contributed by atoms with Crippen molar-refractivity contribution in [3.63, 3.8) is 0 Å². The monoisotopic (exact) mass is 550 g/mol. The first-order valence-corrected chi connectivity index (χ1v) is 14.1. The lowest BCUT2D eigenvalue weighted by Crippen LogP contribution is -2.36. The summed E-state index contributed by atoms with van der Waals surface area (Å²) >= 11 is 1.56. The van der Waals surface area contributed by atoms with Gasteiger partial charge in [0.1, 0.15) is 10.8 Å². The summed E-state index contributed by atoms with van der Waals surface area (Å²) in [6, 6.07) is 8.46. The first kappa shape index (κ1) is 27.1. The van der Waals surface area contributed by atoms with E-state index in [1.54, 1.807) is 42.0 Å². The number of amides is 1. The number of nitrogens with one attached hydrogen (secondary N) is 1. The summed E-state index contributed by atoms with van der Waals surface area (Å²) in [6.45, 7) is 9.67. The quantitative estimate of drug-likeness (QED) is 0.222. The van der Waals surface area contributed by atoms with E-state index in [-0.39, 0.29) is 23.6 Å². The van der Waals surface area contributed by atoms with Crippen LogP contribution in [-0.4, -0.2) is 43.3 Å². The SMILES string of the molecule is CC(C)(C)[C@@H]1CCc2c(sc(N=Cc3cc([N+](=O)[O-])ccc3N3CCOCC3)c2C(=O)NCc2ccco2)C1. The van der Waals surface area contributed by atoms with Crippen LogP contribution in [0.3, 0.4) is 0 Å². The van der Waals surface area contributed by atoms with Crippen molar-refractivity contribution in [2.24, 2.45) is 16.3 Å². The average molecular weight is 551 g/mol. The van der Waals surface area contributed by atoms with Crippen LogP contribution in [0.4, 0.5) is 16.4 Å². The van der Waals surface area contributed by atoms with E-state index in [9.17, 15) is 14.9 Å². The molecule has 206 valence electrons. The summed E-state index contributed by atoms with van der Waals surface area (Å²) in [6.07, 6.45) is 6.00. The van der Waals surface area contributed by atoms with Crippen molar-refractivity contribution in [2.45, 2.75) is 46.6 Å². The number of hydrogen-bond donors (Lipinski definition) is 1. The Morgan fingerprint density at radius 3 is 2.77 bits per heavy atom. The van der Waals surface area contributed by atoms with Gasteiger partial charge in [-0.2, -0.15) is 0 Å². The minimum atomic E-state index is -0.398. The number of nitrogens with zero attached hydrogens (tertiary/aromatic N) is 3. The maximum Gasteiger partial charge on any atom is 0.270 e. The van der Waals surface area contributed by atoms with Gasteiger partial charge in [0.25, 0.3) is 11.6 Å². The number of hydrogen-bond acceptors (Lipinski definition) is 8. The summed E-state index contributed by atoms with van der Waals surface area (Å²) in [7, 11) is 0. The van der Waals surface area contributed by atoms with Crippen molar-refractivity contribution >= 4 is 39.8 Å². The van der Waals surface area contributed by atoms with Crippen LogP contribution >= 0.6 is 11.3 Å². The second kappa shape index (κ2) is 11.3. The summed E-state index contributed by atoms with van der Waals surface area (Å²) < 4.78 is 10.9. The normalized spacial score (nSPS) is 17.8. The van der Waals surface area contributed by atoms with Gasteiger partial charge in [0, 0.05) is 47.6 Å². The number of nitro groups is 1. The largest absolute Gasteiger partial charge is 0.467 e. The molecule has 1 amide bonds. The Bertz CT molecular complexity index is 1370. The third kappa shape index (κ3) is 6.07. The number of non-ortho nitro benzene ring substituents is 1. The molecule has 39 heavy (non-hydrogen) atoms. The van der Waals surface area contributed by atoms with Crippen LogP contribution < -0.4 is 10.2 Å². The summed E-state index contributed by atoms with van der Waals surface area (Å²) in [5, 5.41) is 15.2. The lowest BCUT2D eigenvalue weighted by atomic mass is 9.72. The Balaban J connectivity index is 1.51. The van der Waals surface area contributed by atoms with E-state index in [4.69, 9.17) is 14.1 Å². The van der Waals surface area contributed by atoms with Gasteiger partial charge >= 0.3 is 0 Å². The molecule has 1 fully saturated rings. The van der Waals surface area contributed by atoms with Gasteiger partial charge in [0.05, 0.1) is 36.5 Å². The third-order valence-electron chi connectivity index (χ3n) is 7.60. The first-order valence-electron chi connectivity index (χ1n) is 13.3. The van der Waals surface area contributed by atoms with Crippen molar-refractivity contribution in [1.82, 2.24) is 5.32 Å². The molecule has 0 spiro atoms. The Hall–Kier alpha value is -3.50. The fourth-order valence-corrected chi connectivity index (χ4v) is 6.55. The van der Waals surface area contributed by atoms with Gasteiger partial charge in [-0.3, -0.25) is 14.9 Å². The second-order valence-electron chi connectivity index (χ2n) is 11.1. The zero-order valence-electron chi connectivity index (χ0n) is 22.6. The fourth-order valence-electron chi connectivity index (χ4n) is 5.28. The first-order chi connectivity index (χ1) is 18.7. The minimum Gasteiger partial charge on any atom is -0.467 e. The van der Waals surface area contributed by atoms with E-state index in [1.165, 1.54) is 10.9 Å². The molecule has 10 heteroatoms. The van der Waals surface area contributed by atoms with Crippen LogP contribution in [0.1, 0.15) is 59.3 Å². The second-order valence-corrected chi connectivity index (χ2v) is 12.2. The van der Waals surface area contributed by atoms with Crippen molar-refractivity contribution in [2.75, 3.05) is 31.2 Å². The predicted octanol–water partition coefficient (Wildman–Crippen LogP) is 5.92. The lowest BCUT2D eigenvalue weighted by molar-refractivity contribution is -0.384. The molecule has 1 aliphatic carbocycles. The summed E-state index contributed by atoms with van der Waals surface area (Å²) in [5.41, 5.74) is 3.35. The molecular formula is C29H34N4O5S. The maximum atomic E-state index is 13.5.